The molecule has 4 bridgehead atoms. The van der Waals surface area contributed by atoms with E-state index in [0.717, 1.165) is 24.3 Å². The van der Waals surface area contributed by atoms with Gasteiger partial charge in [-0.15, -0.1) is 0 Å². The van der Waals surface area contributed by atoms with Crippen LogP contribution in [0.2, 0.25) is 0 Å². The Hall–Kier alpha value is -0.670. The van der Waals surface area contributed by atoms with Gasteiger partial charge in [-0.2, -0.15) is 0 Å². The Morgan fingerprint density at radius 2 is 1.55 bits per heavy atom. The van der Waals surface area contributed by atoms with Crippen LogP contribution in [0.4, 0.5) is 0 Å². The van der Waals surface area contributed by atoms with Crippen LogP contribution in [0.3, 0.4) is 0 Å². The zero-order chi connectivity index (χ0) is 13.6. The minimum atomic E-state index is -0.875. The Morgan fingerprint density at radius 3 is 2.10 bits per heavy atom. The van der Waals surface area contributed by atoms with Crippen molar-refractivity contribution in [3.05, 3.63) is 35.9 Å². The second kappa shape index (κ2) is 4.96. The molecule has 2 nitrogen and oxygen atoms in total. The van der Waals surface area contributed by atoms with Crippen LogP contribution < -0.4 is 4.72 Å². The fourth-order valence-corrected chi connectivity index (χ4v) is 6.92. The molecule has 0 radical (unpaired) electrons. The third-order valence-corrected chi connectivity index (χ3v) is 7.32. The van der Waals surface area contributed by atoms with Crippen LogP contribution in [0.1, 0.15) is 44.1 Å². The molecule has 0 heterocycles. The molecule has 0 unspecified atom stereocenters. The molecule has 1 N–H and O–H groups in total. The molecule has 20 heavy (non-hydrogen) atoms. The van der Waals surface area contributed by atoms with Crippen molar-refractivity contribution in [1.82, 2.24) is 4.72 Å². The third kappa shape index (κ3) is 2.25. The van der Waals surface area contributed by atoms with Gasteiger partial charge in [-0.05, 0) is 61.8 Å². The van der Waals surface area contributed by atoms with Crippen molar-refractivity contribution in [2.45, 2.75) is 49.8 Å². The van der Waals surface area contributed by atoms with Gasteiger partial charge in [0.25, 0.3) is 0 Å². The summed E-state index contributed by atoms with van der Waals surface area (Å²) < 4.78 is 16.3. The monoisotopic (exact) mass is 289 g/mol. The van der Waals surface area contributed by atoms with Crippen molar-refractivity contribution < 1.29 is 4.21 Å². The van der Waals surface area contributed by atoms with Gasteiger partial charge < -0.3 is 0 Å². The number of hydrogen-bond donors (Lipinski definition) is 1. The molecular formula is C17H23NOS. The molecule has 3 heteroatoms. The minimum Gasteiger partial charge on any atom is -0.242 e. The first kappa shape index (κ1) is 13.0. The van der Waals surface area contributed by atoms with Crippen molar-refractivity contribution in [2.24, 2.45) is 17.8 Å². The average Bonchev–Trinajstić information content (AvgIpc) is 2.44. The fourth-order valence-electron chi connectivity index (χ4n) is 5.16. The van der Waals surface area contributed by atoms with E-state index in [0.29, 0.717) is 0 Å². The van der Waals surface area contributed by atoms with Crippen LogP contribution >= 0.6 is 0 Å². The number of nitrogens with one attached hydrogen (secondary N) is 1. The van der Waals surface area contributed by atoms with E-state index in [1.165, 1.54) is 44.1 Å². The average molecular weight is 289 g/mol. The number of benzene rings is 1. The van der Waals surface area contributed by atoms with E-state index in [2.05, 4.69) is 16.9 Å². The Balaban J connectivity index is 1.46. The van der Waals surface area contributed by atoms with Gasteiger partial charge in [0.1, 0.15) is 0 Å². The molecule has 1 aromatic carbocycles. The summed E-state index contributed by atoms with van der Waals surface area (Å²) in [6.45, 7) is 0.731. The Bertz CT molecular complexity index is 478. The molecule has 1 atom stereocenters. The lowest BCUT2D eigenvalue weighted by molar-refractivity contribution is 0.0356. The molecule has 0 amide bonds. The van der Waals surface area contributed by atoms with Crippen LogP contribution in [0.5, 0.6) is 0 Å². The molecule has 0 saturated heterocycles. The Labute approximate surface area is 123 Å². The highest BCUT2D eigenvalue weighted by Gasteiger charge is 2.54. The highest BCUT2D eigenvalue weighted by molar-refractivity contribution is 7.84. The van der Waals surface area contributed by atoms with Gasteiger partial charge in [-0.3, -0.25) is 0 Å². The number of hydrogen-bond acceptors (Lipinski definition) is 1. The van der Waals surface area contributed by atoms with Gasteiger partial charge in [-0.1, -0.05) is 30.3 Å². The second-order valence-electron chi connectivity index (χ2n) is 7.18. The smallest absolute Gasteiger partial charge is 0.0982 e. The van der Waals surface area contributed by atoms with Gasteiger partial charge in [0.15, 0.2) is 0 Å². The van der Waals surface area contributed by atoms with Crippen LogP contribution in [-0.4, -0.2) is 8.96 Å². The van der Waals surface area contributed by atoms with E-state index in [9.17, 15) is 4.21 Å². The highest BCUT2D eigenvalue weighted by atomic mass is 32.2. The molecule has 4 fully saturated rings. The molecule has 0 aromatic heterocycles. The lowest BCUT2D eigenvalue weighted by Crippen LogP contribution is -2.55. The van der Waals surface area contributed by atoms with E-state index in [4.69, 9.17) is 0 Å². The maximum absolute atomic E-state index is 12.9. The lowest BCUT2D eigenvalue weighted by Gasteiger charge is -2.55. The van der Waals surface area contributed by atoms with E-state index < -0.39 is 11.0 Å². The van der Waals surface area contributed by atoms with Crippen molar-refractivity contribution >= 4 is 11.0 Å². The standard InChI is InChI=1S/C17H23NOS/c19-20(18-12-13-4-2-1-3-5-13)17-9-14-6-15(10-17)8-16(7-14)11-17/h1-5,14-16,18H,6-12H2/t14?,15?,16?,17?,20-/m0/s1. The summed E-state index contributed by atoms with van der Waals surface area (Å²) in [5.74, 6) is 2.59. The Morgan fingerprint density at radius 1 is 1.00 bits per heavy atom. The molecular weight excluding hydrogens is 266 g/mol. The minimum absolute atomic E-state index is 0.101. The maximum Gasteiger partial charge on any atom is 0.0982 e. The molecule has 0 aliphatic heterocycles. The first-order valence-electron chi connectivity index (χ1n) is 7.93. The van der Waals surface area contributed by atoms with Crippen LogP contribution in [0.25, 0.3) is 0 Å². The van der Waals surface area contributed by atoms with Crippen LogP contribution in [0.15, 0.2) is 30.3 Å². The molecule has 4 aliphatic carbocycles. The maximum atomic E-state index is 12.9. The van der Waals surface area contributed by atoms with Gasteiger partial charge in [0, 0.05) is 6.54 Å². The normalized spacial score (nSPS) is 39.9. The summed E-state index contributed by atoms with van der Waals surface area (Å²) in [7, 11) is -0.875. The van der Waals surface area contributed by atoms with Crippen LogP contribution in [-0.2, 0) is 17.5 Å². The summed E-state index contributed by atoms with van der Waals surface area (Å²) in [5.41, 5.74) is 1.23. The van der Waals surface area contributed by atoms with E-state index >= 15 is 0 Å². The van der Waals surface area contributed by atoms with E-state index in [1.54, 1.807) is 0 Å². The van der Waals surface area contributed by atoms with E-state index in [1.807, 2.05) is 18.2 Å². The quantitative estimate of drug-likeness (QED) is 0.904. The SMILES string of the molecule is O=[S@](NCc1ccccc1)C12CC3CC(CC(C3)C1)C2. The topological polar surface area (TPSA) is 29.1 Å². The zero-order valence-corrected chi connectivity index (χ0v) is 12.7. The predicted molar refractivity (Wildman–Crippen MR) is 82.3 cm³/mol. The summed E-state index contributed by atoms with van der Waals surface area (Å²) >= 11 is 0. The molecule has 4 saturated carbocycles. The molecule has 5 rings (SSSR count). The second-order valence-corrected chi connectivity index (χ2v) is 8.87. The fraction of sp³-hybridized carbons (Fsp3) is 0.647. The highest BCUT2D eigenvalue weighted by Crippen LogP contribution is 2.57. The summed E-state index contributed by atoms with van der Waals surface area (Å²) in [4.78, 5) is 0. The largest absolute Gasteiger partial charge is 0.242 e. The molecule has 0 spiro atoms. The zero-order valence-electron chi connectivity index (χ0n) is 11.9. The molecule has 1 aromatic rings. The Kier molecular flexibility index (Phi) is 3.23. The number of rotatable bonds is 4. The van der Waals surface area contributed by atoms with Crippen molar-refractivity contribution in [3.8, 4) is 0 Å². The summed E-state index contributed by atoms with van der Waals surface area (Å²) in [6, 6.07) is 10.3. The van der Waals surface area contributed by atoms with Crippen LogP contribution in [0, 0.1) is 17.8 Å². The van der Waals surface area contributed by atoms with Gasteiger partial charge in [0.2, 0.25) is 0 Å². The lowest BCUT2D eigenvalue weighted by atomic mass is 9.56. The summed E-state index contributed by atoms with van der Waals surface area (Å²) in [6.07, 6.45) is 7.84. The molecule has 4 aliphatic rings. The first-order valence-corrected chi connectivity index (χ1v) is 9.08. The summed E-state index contributed by atoms with van der Waals surface area (Å²) in [5, 5.41) is 0. The third-order valence-electron chi connectivity index (χ3n) is 5.63. The van der Waals surface area contributed by atoms with Gasteiger partial charge >= 0.3 is 0 Å². The van der Waals surface area contributed by atoms with E-state index in [-0.39, 0.29) is 4.75 Å². The first-order chi connectivity index (χ1) is 9.73. The van der Waals surface area contributed by atoms with Gasteiger partial charge in [0.05, 0.1) is 15.7 Å². The van der Waals surface area contributed by atoms with Crippen molar-refractivity contribution in [3.63, 3.8) is 0 Å². The predicted octanol–water partition coefficient (Wildman–Crippen LogP) is 3.41. The van der Waals surface area contributed by atoms with Crippen molar-refractivity contribution in [2.75, 3.05) is 0 Å². The molecule has 108 valence electrons. The van der Waals surface area contributed by atoms with Gasteiger partial charge in [-0.25, -0.2) is 8.93 Å². The van der Waals surface area contributed by atoms with Crippen molar-refractivity contribution in [1.29, 1.82) is 0 Å².